The zero-order valence-corrected chi connectivity index (χ0v) is 14.5. The van der Waals surface area contributed by atoms with Crippen LogP contribution in [-0.2, 0) is 10.0 Å². The van der Waals surface area contributed by atoms with Gasteiger partial charge < -0.3 is 9.84 Å². The van der Waals surface area contributed by atoms with Crippen molar-refractivity contribution in [2.45, 2.75) is 23.3 Å². The molecule has 2 aliphatic rings. The summed E-state index contributed by atoms with van der Waals surface area (Å²) in [6.07, 6.45) is 1.94. The van der Waals surface area contributed by atoms with Crippen molar-refractivity contribution in [3.63, 3.8) is 0 Å². The number of aliphatic hydroxyl groups is 1. The molecule has 1 heterocycles. The average Bonchev–Trinajstić information content (AvgIpc) is 3.18. The van der Waals surface area contributed by atoms with Gasteiger partial charge in [0.1, 0.15) is 4.90 Å². The number of sulfonamides is 1. The monoisotopic (exact) mass is 395 g/mol. The lowest BCUT2D eigenvalue weighted by Crippen LogP contribution is -2.64. The molecule has 116 valence electrons. The summed E-state index contributed by atoms with van der Waals surface area (Å²) < 4.78 is 32.3. The van der Waals surface area contributed by atoms with Crippen LogP contribution >= 0.6 is 27.5 Å². The Hall–Kier alpha value is -0.340. The van der Waals surface area contributed by atoms with Gasteiger partial charge in [-0.2, -0.15) is 4.31 Å². The van der Waals surface area contributed by atoms with Gasteiger partial charge in [0.25, 0.3) is 0 Å². The largest absolute Gasteiger partial charge is 0.494 e. The van der Waals surface area contributed by atoms with Crippen molar-refractivity contribution in [3.8, 4) is 5.75 Å². The fourth-order valence-electron chi connectivity index (χ4n) is 2.68. The van der Waals surface area contributed by atoms with Crippen LogP contribution in [0.4, 0.5) is 0 Å². The highest BCUT2D eigenvalue weighted by atomic mass is 79.9. The fraction of sp³-hybridized carbons (Fsp3) is 0.538. The number of halogens is 2. The Kier molecular flexibility index (Phi) is 3.77. The van der Waals surface area contributed by atoms with E-state index in [0.29, 0.717) is 9.50 Å². The van der Waals surface area contributed by atoms with E-state index in [4.69, 9.17) is 16.3 Å². The van der Waals surface area contributed by atoms with Crippen LogP contribution in [0.3, 0.4) is 0 Å². The van der Waals surface area contributed by atoms with Crippen LogP contribution in [0.5, 0.6) is 5.75 Å². The van der Waals surface area contributed by atoms with Crippen molar-refractivity contribution in [2.75, 3.05) is 20.2 Å². The molecule has 1 aliphatic heterocycles. The third-order valence-electron chi connectivity index (χ3n) is 4.03. The first-order valence-electron chi connectivity index (χ1n) is 6.53. The number of ether oxygens (including phenoxy) is 1. The molecule has 8 heteroatoms. The second-order valence-electron chi connectivity index (χ2n) is 5.57. The second-order valence-corrected chi connectivity index (χ2v) is 8.77. The number of methoxy groups -OCH3 is 1. The van der Waals surface area contributed by atoms with Crippen molar-refractivity contribution < 1.29 is 18.3 Å². The molecule has 0 bridgehead atoms. The molecule has 0 radical (unpaired) electrons. The Labute approximate surface area is 137 Å². The molecule has 1 aromatic carbocycles. The number of β-amino-alcohol motifs (C(OH)–C–C–N with tert-alkyl or cyclic N) is 1. The Bertz CT molecular complexity index is 684. The van der Waals surface area contributed by atoms with E-state index in [1.165, 1.54) is 17.5 Å². The van der Waals surface area contributed by atoms with Gasteiger partial charge >= 0.3 is 0 Å². The van der Waals surface area contributed by atoms with Gasteiger partial charge in [-0.05, 0) is 46.8 Å². The highest BCUT2D eigenvalue weighted by molar-refractivity contribution is 9.10. The molecule has 1 aliphatic carbocycles. The van der Waals surface area contributed by atoms with Crippen molar-refractivity contribution >= 4 is 37.6 Å². The topological polar surface area (TPSA) is 66.8 Å². The van der Waals surface area contributed by atoms with Crippen LogP contribution < -0.4 is 4.74 Å². The lowest BCUT2D eigenvalue weighted by atomic mass is 9.91. The highest BCUT2D eigenvalue weighted by Crippen LogP contribution is 2.47. The SMILES string of the molecule is COc1c(Br)cc(Cl)cc1S(=O)(=O)N1CC(O)(C2CC2)C1. The summed E-state index contributed by atoms with van der Waals surface area (Å²) in [6.45, 7) is 0.264. The van der Waals surface area contributed by atoms with Crippen LogP contribution in [0.1, 0.15) is 12.8 Å². The lowest BCUT2D eigenvalue weighted by molar-refractivity contribution is -0.0765. The Morgan fingerprint density at radius 2 is 2.05 bits per heavy atom. The molecule has 2 fully saturated rings. The van der Waals surface area contributed by atoms with Crippen LogP contribution in [0.15, 0.2) is 21.5 Å². The van der Waals surface area contributed by atoms with Crippen molar-refractivity contribution in [2.24, 2.45) is 5.92 Å². The number of rotatable bonds is 4. The minimum atomic E-state index is -3.73. The summed E-state index contributed by atoms with van der Waals surface area (Å²) in [7, 11) is -2.33. The van der Waals surface area contributed by atoms with Gasteiger partial charge in [-0.1, -0.05) is 11.6 Å². The molecule has 1 aromatic rings. The minimum Gasteiger partial charge on any atom is -0.494 e. The molecule has 0 aromatic heterocycles. The first kappa shape index (κ1) is 15.6. The second kappa shape index (κ2) is 5.09. The van der Waals surface area contributed by atoms with Gasteiger partial charge in [-0.25, -0.2) is 8.42 Å². The standard InChI is InChI=1S/C13H15BrClNO4S/c1-20-12-10(14)4-9(15)5-11(12)21(18,19)16-6-13(17,7-16)8-2-3-8/h4-5,8,17H,2-3,6-7H2,1H3. The van der Waals surface area contributed by atoms with Crippen LogP contribution in [0, 0.1) is 5.92 Å². The van der Waals surface area contributed by atoms with Crippen LogP contribution in [0.25, 0.3) is 0 Å². The number of hydrogen-bond donors (Lipinski definition) is 1. The highest BCUT2D eigenvalue weighted by Gasteiger charge is 2.55. The molecule has 0 atom stereocenters. The van der Waals surface area contributed by atoms with Gasteiger partial charge in [0, 0.05) is 18.1 Å². The van der Waals surface area contributed by atoms with Crippen LogP contribution in [0.2, 0.25) is 5.02 Å². The van der Waals surface area contributed by atoms with Crippen molar-refractivity contribution in [1.29, 1.82) is 0 Å². The van der Waals surface area contributed by atoms with Crippen molar-refractivity contribution in [3.05, 3.63) is 21.6 Å². The summed E-state index contributed by atoms with van der Waals surface area (Å²) in [5.41, 5.74) is -0.865. The molecule has 1 saturated carbocycles. The zero-order chi connectivity index (χ0) is 15.4. The predicted molar refractivity (Wildman–Crippen MR) is 82.1 cm³/mol. The quantitative estimate of drug-likeness (QED) is 0.848. The Morgan fingerprint density at radius 1 is 1.43 bits per heavy atom. The normalized spacial score (nSPS) is 21.9. The fourth-order valence-corrected chi connectivity index (χ4v) is 5.62. The van der Waals surface area contributed by atoms with Gasteiger partial charge in [-0.15, -0.1) is 0 Å². The maximum Gasteiger partial charge on any atom is 0.247 e. The molecule has 3 rings (SSSR count). The Balaban J connectivity index is 1.93. The smallest absolute Gasteiger partial charge is 0.247 e. The summed E-state index contributed by atoms with van der Waals surface area (Å²) in [4.78, 5) is 0.0159. The molecule has 1 saturated heterocycles. The molecule has 21 heavy (non-hydrogen) atoms. The molecule has 0 amide bonds. The molecular weight excluding hydrogens is 382 g/mol. The minimum absolute atomic E-state index is 0.0159. The van der Waals surface area contributed by atoms with Gasteiger partial charge in [-0.3, -0.25) is 0 Å². The third kappa shape index (κ3) is 2.59. The van der Waals surface area contributed by atoms with E-state index in [0.717, 1.165) is 12.8 Å². The maximum absolute atomic E-state index is 12.7. The van der Waals surface area contributed by atoms with E-state index in [1.54, 1.807) is 6.07 Å². The first-order valence-corrected chi connectivity index (χ1v) is 9.14. The molecule has 0 unspecified atom stereocenters. The van der Waals surface area contributed by atoms with E-state index in [9.17, 15) is 13.5 Å². The van der Waals surface area contributed by atoms with Crippen molar-refractivity contribution in [1.82, 2.24) is 4.31 Å². The predicted octanol–water partition coefficient (Wildman–Crippen LogP) is 2.26. The average molecular weight is 397 g/mol. The van der Waals surface area contributed by atoms with Crippen LogP contribution in [-0.4, -0.2) is 43.6 Å². The summed E-state index contributed by atoms with van der Waals surface area (Å²) in [6, 6.07) is 2.95. The number of benzene rings is 1. The maximum atomic E-state index is 12.7. The molecule has 1 N–H and O–H groups in total. The van der Waals surface area contributed by atoms with E-state index in [2.05, 4.69) is 15.9 Å². The molecule has 0 spiro atoms. The van der Waals surface area contributed by atoms with E-state index < -0.39 is 15.6 Å². The number of hydrogen-bond acceptors (Lipinski definition) is 4. The van der Waals surface area contributed by atoms with E-state index in [1.807, 2.05) is 0 Å². The Morgan fingerprint density at radius 3 is 2.57 bits per heavy atom. The van der Waals surface area contributed by atoms with Gasteiger partial charge in [0.05, 0.1) is 17.2 Å². The molecular formula is C13H15BrClNO4S. The summed E-state index contributed by atoms with van der Waals surface area (Å²) in [5, 5.41) is 10.6. The summed E-state index contributed by atoms with van der Waals surface area (Å²) in [5.74, 6) is 0.457. The molecule has 5 nitrogen and oxygen atoms in total. The number of nitrogens with zero attached hydrogens (tertiary/aromatic N) is 1. The van der Waals surface area contributed by atoms with E-state index in [-0.39, 0.29) is 29.7 Å². The third-order valence-corrected chi connectivity index (χ3v) is 6.64. The lowest BCUT2D eigenvalue weighted by Gasteiger charge is -2.45. The zero-order valence-electron chi connectivity index (χ0n) is 11.3. The first-order chi connectivity index (χ1) is 9.78. The van der Waals surface area contributed by atoms with E-state index >= 15 is 0 Å². The summed E-state index contributed by atoms with van der Waals surface area (Å²) >= 11 is 9.20. The van der Waals surface area contributed by atoms with Gasteiger partial charge in [0.2, 0.25) is 10.0 Å². The van der Waals surface area contributed by atoms with Gasteiger partial charge in [0.15, 0.2) is 5.75 Å².